The van der Waals surface area contributed by atoms with E-state index in [9.17, 15) is 0 Å². The molecule has 0 fully saturated rings. The summed E-state index contributed by atoms with van der Waals surface area (Å²) in [5.74, 6) is 2.45. The van der Waals surface area contributed by atoms with Crippen LogP contribution < -0.4 is 10.1 Å². The van der Waals surface area contributed by atoms with Crippen LogP contribution in [0.25, 0.3) is 0 Å². The molecular weight excluding hydrogens is 228 g/mol. The summed E-state index contributed by atoms with van der Waals surface area (Å²) in [7, 11) is 0. The highest BCUT2D eigenvalue weighted by Gasteiger charge is 2.16. The fourth-order valence-corrected chi connectivity index (χ4v) is 2.02. The second kappa shape index (κ2) is 4.82. The van der Waals surface area contributed by atoms with Crippen molar-refractivity contribution >= 4 is 0 Å². The molecule has 94 valence electrons. The Bertz CT molecular complexity index is 508. The molecule has 0 amide bonds. The molecule has 0 spiro atoms. The zero-order chi connectivity index (χ0) is 12.4. The van der Waals surface area contributed by atoms with Crippen LogP contribution in [0.5, 0.6) is 5.75 Å². The summed E-state index contributed by atoms with van der Waals surface area (Å²) < 4.78 is 11.3. The summed E-state index contributed by atoms with van der Waals surface area (Å²) in [6.07, 6.45) is 0.934. The van der Waals surface area contributed by atoms with Gasteiger partial charge in [0.25, 0.3) is 0 Å². The molecule has 0 saturated carbocycles. The third kappa shape index (κ3) is 2.38. The number of hydrogen-bond donors (Lipinski definition) is 1. The van der Waals surface area contributed by atoms with Crippen LogP contribution in [0, 0.1) is 6.92 Å². The summed E-state index contributed by atoms with van der Waals surface area (Å²) in [6.45, 7) is 4.18. The van der Waals surface area contributed by atoms with E-state index in [0.29, 0.717) is 12.5 Å². The molecule has 4 heteroatoms. The lowest BCUT2D eigenvalue weighted by atomic mass is 10.2. The molecule has 0 saturated heterocycles. The van der Waals surface area contributed by atoms with Crippen LogP contribution >= 0.6 is 0 Å². The van der Waals surface area contributed by atoms with Gasteiger partial charge >= 0.3 is 0 Å². The van der Waals surface area contributed by atoms with Crippen molar-refractivity contribution < 1.29 is 9.15 Å². The predicted octanol–water partition coefficient (Wildman–Crippen LogP) is 2.21. The van der Waals surface area contributed by atoms with Gasteiger partial charge in [-0.15, -0.1) is 0 Å². The number of ether oxygens (including phenoxy) is 1. The minimum atomic E-state index is 0.385. The van der Waals surface area contributed by atoms with E-state index in [1.165, 1.54) is 5.56 Å². The Morgan fingerprint density at radius 1 is 1.33 bits per heavy atom. The largest absolute Gasteiger partial charge is 0.484 e. The number of nitrogens with zero attached hydrogens (tertiary/aromatic N) is 1. The maximum atomic E-state index is 5.65. The molecule has 0 aliphatic carbocycles. The van der Waals surface area contributed by atoms with Crippen LogP contribution in [0.1, 0.15) is 22.9 Å². The molecule has 18 heavy (non-hydrogen) atoms. The molecule has 2 aromatic rings. The van der Waals surface area contributed by atoms with Crippen molar-refractivity contribution in [2.45, 2.75) is 26.5 Å². The molecule has 1 aliphatic heterocycles. The van der Waals surface area contributed by atoms with E-state index in [2.05, 4.69) is 17.2 Å². The summed E-state index contributed by atoms with van der Waals surface area (Å²) in [6, 6.07) is 7.97. The van der Waals surface area contributed by atoms with E-state index < -0.39 is 0 Å². The number of aromatic nitrogens is 1. The van der Waals surface area contributed by atoms with Gasteiger partial charge in [-0.05, 0) is 19.1 Å². The van der Waals surface area contributed by atoms with Crippen LogP contribution in [0.2, 0.25) is 0 Å². The van der Waals surface area contributed by atoms with Crippen molar-refractivity contribution in [1.29, 1.82) is 0 Å². The first-order valence-corrected chi connectivity index (χ1v) is 6.19. The standard InChI is InChI=1S/C14H16N2O2/c1-10-2-4-11(5-3-10)17-9-14-16-12-6-7-15-8-13(12)18-14/h2-5,15H,6-9H2,1H3. The Morgan fingerprint density at radius 2 is 2.17 bits per heavy atom. The minimum absolute atomic E-state index is 0.385. The first kappa shape index (κ1) is 11.3. The van der Waals surface area contributed by atoms with E-state index in [-0.39, 0.29) is 0 Å². The first-order valence-electron chi connectivity index (χ1n) is 6.19. The number of fused-ring (bicyclic) bond motifs is 1. The van der Waals surface area contributed by atoms with Gasteiger partial charge in [0, 0.05) is 13.0 Å². The average molecular weight is 244 g/mol. The molecule has 1 aromatic heterocycles. The molecule has 0 atom stereocenters. The highest BCUT2D eigenvalue weighted by molar-refractivity contribution is 5.26. The van der Waals surface area contributed by atoms with Gasteiger partial charge in [0.05, 0.1) is 12.2 Å². The van der Waals surface area contributed by atoms with Crippen LogP contribution in [-0.2, 0) is 19.6 Å². The average Bonchev–Trinajstić information content (AvgIpc) is 2.81. The topological polar surface area (TPSA) is 47.3 Å². The normalized spacial score (nSPS) is 14.3. The van der Waals surface area contributed by atoms with Crippen LogP contribution in [-0.4, -0.2) is 11.5 Å². The van der Waals surface area contributed by atoms with Gasteiger partial charge in [0.1, 0.15) is 11.5 Å². The molecule has 1 aromatic carbocycles. The number of nitrogens with one attached hydrogen (secondary N) is 1. The number of benzene rings is 1. The Labute approximate surface area is 106 Å². The molecule has 1 aliphatic rings. The van der Waals surface area contributed by atoms with Crippen LogP contribution in [0.15, 0.2) is 28.7 Å². The van der Waals surface area contributed by atoms with E-state index in [4.69, 9.17) is 9.15 Å². The molecule has 0 bridgehead atoms. The summed E-state index contributed by atoms with van der Waals surface area (Å²) >= 11 is 0. The molecule has 3 rings (SSSR count). The zero-order valence-corrected chi connectivity index (χ0v) is 10.4. The van der Waals surface area contributed by atoms with Gasteiger partial charge in [-0.2, -0.15) is 0 Å². The fraction of sp³-hybridized carbons (Fsp3) is 0.357. The van der Waals surface area contributed by atoms with Crippen molar-refractivity contribution in [3.8, 4) is 5.75 Å². The van der Waals surface area contributed by atoms with Crippen LogP contribution in [0.4, 0.5) is 0 Å². The Morgan fingerprint density at radius 3 is 2.94 bits per heavy atom. The van der Waals surface area contributed by atoms with Gasteiger partial charge in [0.2, 0.25) is 5.89 Å². The summed E-state index contributed by atoms with van der Waals surface area (Å²) in [5, 5.41) is 3.26. The van der Waals surface area contributed by atoms with Crippen LogP contribution in [0.3, 0.4) is 0 Å². The Balaban J connectivity index is 1.66. The van der Waals surface area contributed by atoms with Crippen molar-refractivity contribution in [1.82, 2.24) is 10.3 Å². The quantitative estimate of drug-likeness (QED) is 0.899. The third-order valence-electron chi connectivity index (χ3n) is 3.03. The molecular formula is C14H16N2O2. The minimum Gasteiger partial charge on any atom is -0.484 e. The van der Waals surface area contributed by atoms with Gasteiger partial charge < -0.3 is 14.5 Å². The smallest absolute Gasteiger partial charge is 0.232 e. The van der Waals surface area contributed by atoms with Gasteiger partial charge in [-0.3, -0.25) is 0 Å². The van der Waals surface area contributed by atoms with E-state index in [1.54, 1.807) is 0 Å². The van der Waals surface area contributed by atoms with Crippen molar-refractivity contribution in [2.24, 2.45) is 0 Å². The number of aryl methyl sites for hydroxylation is 1. The molecule has 1 N–H and O–H groups in total. The molecule has 0 radical (unpaired) electrons. The lowest BCUT2D eigenvalue weighted by molar-refractivity contribution is 0.258. The lowest BCUT2D eigenvalue weighted by Crippen LogP contribution is -2.22. The Hall–Kier alpha value is -1.81. The van der Waals surface area contributed by atoms with Gasteiger partial charge in [-0.25, -0.2) is 4.98 Å². The van der Waals surface area contributed by atoms with Gasteiger partial charge in [0.15, 0.2) is 6.61 Å². The van der Waals surface area contributed by atoms with E-state index >= 15 is 0 Å². The number of rotatable bonds is 3. The van der Waals surface area contributed by atoms with Crippen molar-refractivity contribution in [2.75, 3.05) is 6.54 Å². The fourth-order valence-electron chi connectivity index (χ4n) is 2.02. The summed E-state index contributed by atoms with van der Waals surface area (Å²) in [4.78, 5) is 4.45. The maximum absolute atomic E-state index is 5.65. The van der Waals surface area contributed by atoms with E-state index in [1.807, 2.05) is 24.3 Å². The van der Waals surface area contributed by atoms with Gasteiger partial charge in [-0.1, -0.05) is 17.7 Å². The molecule has 4 nitrogen and oxygen atoms in total. The Kier molecular flexibility index (Phi) is 3.02. The second-order valence-electron chi connectivity index (χ2n) is 4.51. The predicted molar refractivity (Wildman–Crippen MR) is 67.4 cm³/mol. The second-order valence-corrected chi connectivity index (χ2v) is 4.51. The SMILES string of the molecule is Cc1ccc(OCc2nc3c(o2)CNCC3)cc1. The highest BCUT2D eigenvalue weighted by atomic mass is 16.5. The molecule has 2 heterocycles. The monoisotopic (exact) mass is 244 g/mol. The first-order chi connectivity index (χ1) is 8.81. The van der Waals surface area contributed by atoms with Crippen molar-refractivity contribution in [3.05, 3.63) is 47.2 Å². The lowest BCUT2D eigenvalue weighted by Gasteiger charge is -2.08. The summed E-state index contributed by atoms with van der Waals surface area (Å²) in [5.41, 5.74) is 2.29. The third-order valence-corrected chi connectivity index (χ3v) is 3.03. The van der Waals surface area contributed by atoms with Crippen molar-refractivity contribution in [3.63, 3.8) is 0 Å². The highest BCUT2D eigenvalue weighted by Crippen LogP contribution is 2.17. The zero-order valence-electron chi connectivity index (χ0n) is 10.4. The number of oxazole rings is 1. The molecule has 0 unspecified atom stereocenters. The maximum Gasteiger partial charge on any atom is 0.232 e. The van der Waals surface area contributed by atoms with E-state index in [0.717, 1.165) is 36.7 Å². The number of hydrogen-bond acceptors (Lipinski definition) is 4.